The molecule has 0 aliphatic rings. The molecule has 2 rings (SSSR count). The summed E-state index contributed by atoms with van der Waals surface area (Å²) in [7, 11) is 0. The second-order valence-electron chi connectivity index (χ2n) is 3.83. The highest BCUT2D eigenvalue weighted by atomic mass is 79.9. The second-order valence-corrected chi connectivity index (χ2v) is 5.07. The standard InChI is InChI=1S/C13H9BrClNO3/c1-7-2-4-10(9(14)6-7)19-12-8(13(17)18)3-5-11(15)16-12/h2-6H,1H3,(H,17,18). The fourth-order valence-electron chi connectivity index (χ4n) is 1.45. The van der Waals surface area contributed by atoms with E-state index in [9.17, 15) is 4.79 Å². The number of hydrogen-bond acceptors (Lipinski definition) is 3. The molecule has 1 aromatic heterocycles. The lowest BCUT2D eigenvalue weighted by Crippen LogP contribution is -2.02. The molecule has 0 aliphatic heterocycles. The molecule has 0 bridgehead atoms. The van der Waals surface area contributed by atoms with E-state index in [2.05, 4.69) is 20.9 Å². The van der Waals surface area contributed by atoms with Gasteiger partial charge in [0, 0.05) is 0 Å². The molecular weight excluding hydrogens is 334 g/mol. The highest BCUT2D eigenvalue weighted by molar-refractivity contribution is 9.10. The van der Waals surface area contributed by atoms with Crippen LogP contribution in [0, 0.1) is 6.92 Å². The minimum absolute atomic E-state index is 0.0375. The number of carboxylic acids is 1. The van der Waals surface area contributed by atoms with E-state index in [-0.39, 0.29) is 16.6 Å². The van der Waals surface area contributed by atoms with Crippen molar-refractivity contribution in [3.8, 4) is 11.6 Å². The van der Waals surface area contributed by atoms with Crippen molar-refractivity contribution >= 4 is 33.5 Å². The van der Waals surface area contributed by atoms with Crippen LogP contribution in [0.3, 0.4) is 0 Å². The summed E-state index contributed by atoms with van der Waals surface area (Å²) in [4.78, 5) is 15.0. The summed E-state index contributed by atoms with van der Waals surface area (Å²) in [6.07, 6.45) is 0. The maximum atomic E-state index is 11.1. The highest BCUT2D eigenvalue weighted by Crippen LogP contribution is 2.31. The molecule has 0 spiro atoms. The molecule has 0 radical (unpaired) electrons. The van der Waals surface area contributed by atoms with Gasteiger partial charge in [-0.1, -0.05) is 17.7 Å². The van der Waals surface area contributed by atoms with Gasteiger partial charge in [-0.3, -0.25) is 0 Å². The molecule has 0 unspecified atom stereocenters. The summed E-state index contributed by atoms with van der Waals surface area (Å²) in [5, 5.41) is 9.24. The van der Waals surface area contributed by atoms with Crippen LogP contribution < -0.4 is 4.74 Å². The van der Waals surface area contributed by atoms with Gasteiger partial charge in [-0.25, -0.2) is 9.78 Å². The zero-order valence-electron chi connectivity index (χ0n) is 9.85. The number of ether oxygens (including phenoxy) is 1. The molecule has 0 aliphatic carbocycles. The van der Waals surface area contributed by atoms with Gasteiger partial charge < -0.3 is 9.84 Å². The molecule has 0 saturated carbocycles. The summed E-state index contributed by atoms with van der Waals surface area (Å²) < 4.78 is 6.23. The van der Waals surface area contributed by atoms with Crippen LogP contribution in [0.4, 0.5) is 0 Å². The summed E-state index contributed by atoms with van der Waals surface area (Å²) in [5.74, 6) is -0.685. The van der Waals surface area contributed by atoms with E-state index in [1.54, 1.807) is 6.07 Å². The number of aromatic carboxylic acids is 1. The van der Waals surface area contributed by atoms with Crippen LogP contribution in [-0.4, -0.2) is 16.1 Å². The van der Waals surface area contributed by atoms with Crippen LogP contribution in [0.25, 0.3) is 0 Å². The molecule has 0 saturated heterocycles. The van der Waals surface area contributed by atoms with Gasteiger partial charge in [0.25, 0.3) is 0 Å². The Bertz CT molecular complexity index is 646. The SMILES string of the molecule is Cc1ccc(Oc2nc(Cl)ccc2C(=O)O)c(Br)c1. The minimum atomic E-state index is -1.12. The largest absolute Gasteiger partial charge is 0.477 e. The van der Waals surface area contributed by atoms with Gasteiger partial charge in [0.1, 0.15) is 16.5 Å². The van der Waals surface area contributed by atoms with Crippen molar-refractivity contribution in [2.75, 3.05) is 0 Å². The zero-order chi connectivity index (χ0) is 14.0. The Labute approximate surface area is 123 Å². The van der Waals surface area contributed by atoms with E-state index < -0.39 is 5.97 Å². The molecule has 98 valence electrons. The molecule has 1 aromatic carbocycles. The first-order valence-electron chi connectivity index (χ1n) is 5.31. The number of rotatable bonds is 3. The van der Waals surface area contributed by atoms with Crippen LogP contribution in [0.15, 0.2) is 34.8 Å². The van der Waals surface area contributed by atoms with Gasteiger partial charge in [-0.2, -0.15) is 0 Å². The lowest BCUT2D eigenvalue weighted by Gasteiger charge is -2.09. The average Bonchev–Trinajstić information content (AvgIpc) is 2.32. The van der Waals surface area contributed by atoms with Gasteiger partial charge >= 0.3 is 5.97 Å². The van der Waals surface area contributed by atoms with Crippen LogP contribution >= 0.6 is 27.5 Å². The molecule has 19 heavy (non-hydrogen) atoms. The van der Waals surface area contributed by atoms with E-state index in [1.165, 1.54) is 12.1 Å². The van der Waals surface area contributed by atoms with Gasteiger partial charge in [0.15, 0.2) is 0 Å². The number of aromatic nitrogens is 1. The van der Waals surface area contributed by atoms with Gasteiger partial charge in [0.05, 0.1) is 4.47 Å². The van der Waals surface area contributed by atoms with E-state index >= 15 is 0 Å². The number of carboxylic acid groups (broad SMARTS) is 1. The maximum absolute atomic E-state index is 11.1. The summed E-state index contributed by atoms with van der Waals surface area (Å²) in [6.45, 7) is 1.94. The first-order chi connectivity index (χ1) is 8.97. The third-order valence-corrected chi connectivity index (χ3v) is 3.18. The van der Waals surface area contributed by atoms with E-state index in [0.29, 0.717) is 10.2 Å². The van der Waals surface area contributed by atoms with Crippen molar-refractivity contribution in [3.05, 3.63) is 51.1 Å². The number of aryl methyl sites for hydroxylation is 1. The van der Waals surface area contributed by atoms with Crippen LogP contribution in [0.1, 0.15) is 15.9 Å². The minimum Gasteiger partial charge on any atom is -0.477 e. The lowest BCUT2D eigenvalue weighted by atomic mass is 10.2. The number of halogens is 2. The van der Waals surface area contributed by atoms with Gasteiger partial charge in [-0.05, 0) is 52.7 Å². The number of benzene rings is 1. The highest BCUT2D eigenvalue weighted by Gasteiger charge is 2.15. The van der Waals surface area contributed by atoms with Crippen molar-refractivity contribution in [1.29, 1.82) is 0 Å². The summed E-state index contributed by atoms with van der Waals surface area (Å²) >= 11 is 9.11. The Balaban J connectivity index is 2.42. The van der Waals surface area contributed by atoms with Gasteiger partial charge in [0.2, 0.25) is 5.88 Å². The number of carbonyl (C=O) groups is 1. The predicted molar refractivity (Wildman–Crippen MR) is 75.2 cm³/mol. The van der Waals surface area contributed by atoms with Crippen molar-refractivity contribution < 1.29 is 14.6 Å². The molecule has 2 aromatic rings. The first kappa shape index (κ1) is 13.8. The normalized spacial score (nSPS) is 10.3. The summed E-state index contributed by atoms with van der Waals surface area (Å²) in [6, 6.07) is 8.20. The van der Waals surface area contributed by atoms with E-state index in [4.69, 9.17) is 21.4 Å². The second kappa shape index (κ2) is 5.59. The Hall–Kier alpha value is -1.59. The Morgan fingerprint density at radius 3 is 2.74 bits per heavy atom. The molecule has 6 heteroatoms. The van der Waals surface area contributed by atoms with Crippen LogP contribution in [0.5, 0.6) is 11.6 Å². The Morgan fingerprint density at radius 2 is 2.11 bits per heavy atom. The van der Waals surface area contributed by atoms with Crippen molar-refractivity contribution in [3.63, 3.8) is 0 Å². The van der Waals surface area contributed by atoms with Crippen molar-refractivity contribution in [1.82, 2.24) is 4.98 Å². The average molecular weight is 343 g/mol. The fraction of sp³-hybridized carbons (Fsp3) is 0.0769. The zero-order valence-corrected chi connectivity index (χ0v) is 12.2. The molecule has 0 atom stereocenters. The molecular formula is C13H9BrClNO3. The number of pyridine rings is 1. The van der Waals surface area contributed by atoms with E-state index in [1.807, 2.05) is 19.1 Å². The Morgan fingerprint density at radius 1 is 1.37 bits per heavy atom. The van der Waals surface area contributed by atoms with Crippen LogP contribution in [0.2, 0.25) is 5.15 Å². The maximum Gasteiger partial charge on any atom is 0.341 e. The molecule has 0 amide bonds. The molecule has 0 fully saturated rings. The van der Waals surface area contributed by atoms with Crippen LogP contribution in [-0.2, 0) is 0 Å². The third-order valence-electron chi connectivity index (χ3n) is 2.35. The summed E-state index contributed by atoms with van der Waals surface area (Å²) in [5.41, 5.74) is 1.01. The van der Waals surface area contributed by atoms with Crippen molar-refractivity contribution in [2.45, 2.75) is 6.92 Å². The van der Waals surface area contributed by atoms with Gasteiger partial charge in [-0.15, -0.1) is 0 Å². The van der Waals surface area contributed by atoms with Crippen molar-refractivity contribution in [2.24, 2.45) is 0 Å². The smallest absolute Gasteiger partial charge is 0.341 e. The fourth-order valence-corrected chi connectivity index (χ4v) is 2.17. The number of nitrogens with zero attached hydrogens (tertiary/aromatic N) is 1. The predicted octanol–water partition coefficient (Wildman–Crippen LogP) is 4.30. The molecule has 1 heterocycles. The Kier molecular flexibility index (Phi) is 4.07. The first-order valence-corrected chi connectivity index (χ1v) is 6.48. The monoisotopic (exact) mass is 341 g/mol. The topological polar surface area (TPSA) is 59.4 Å². The molecule has 4 nitrogen and oxygen atoms in total. The lowest BCUT2D eigenvalue weighted by molar-refractivity contribution is 0.0693. The molecule has 1 N–H and O–H groups in total. The third kappa shape index (κ3) is 3.24. The number of hydrogen-bond donors (Lipinski definition) is 1. The van der Waals surface area contributed by atoms with E-state index in [0.717, 1.165) is 5.56 Å². The quantitative estimate of drug-likeness (QED) is 0.845.